The molecular formula is C34H37F2N5O11. The largest absolute Gasteiger partial charge is 0.486 e. The molecule has 4 heterocycles. The van der Waals surface area contributed by atoms with Gasteiger partial charge in [-0.25, -0.2) is 23.4 Å². The first-order valence-electron chi connectivity index (χ1n) is 16.8. The van der Waals surface area contributed by atoms with E-state index in [1.807, 2.05) is 0 Å². The molecule has 0 radical (unpaired) electrons. The minimum absolute atomic E-state index is 0.00496. The second-order valence-electron chi connectivity index (χ2n) is 13.3. The molecule has 1 aliphatic carbocycles. The molecule has 2 amide bonds. The Kier molecular flexibility index (Phi) is 10.2. The summed E-state index contributed by atoms with van der Waals surface area (Å²) < 4.78 is 47.9. The molecule has 0 spiro atoms. The monoisotopic (exact) mass is 729 g/mol. The molecule has 5 aliphatic rings. The van der Waals surface area contributed by atoms with Crippen LogP contribution < -0.4 is 15.0 Å². The number of rotatable bonds is 12. The van der Waals surface area contributed by atoms with Crippen LogP contribution in [0.5, 0.6) is 5.75 Å². The molecule has 1 saturated carbocycles. The number of carbonyl (C=O) groups is 6. The number of cyclic esters (lactones) is 1. The second-order valence-corrected chi connectivity index (χ2v) is 13.3. The molecule has 1 aromatic carbocycles. The molecule has 3 fully saturated rings. The van der Waals surface area contributed by atoms with Gasteiger partial charge in [0.1, 0.15) is 30.0 Å². The summed E-state index contributed by atoms with van der Waals surface area (Å²) in [6.45, 7) is 1.18. The fourth-order valence-corrected chi connectivity index (χ4v) is 6.45. The minimum Gasteiger partial charge on any atom is -0.486 e. The number of ether oxygens (including phenoxy) is 3. The topological polar surface area (TPSA) is 205 Å². The van der Waals surface area contributed by atoms with Crippen molar-refractivity contribution in [3.63, 3.8) is 0 Å². The van der Waals surface area contributed by atoms with Crippen molar-refractivity contribution >= 4 is 47.2 Å². The quantitative estimate of drug-likeness (QED) is 0.265. The number of carboxylic acids is 2. The van der Waals surface area contributed by atoms with Gasteiger partial charge in [0.05, 0.1) is 37.2 Å². The summed E-state index contributed by atoms with van der Waals surface area (Å²) in [7, 11) is 0. The first kappa shape index (κ1) is 36.2. The van der Waals surface area contributed by atoms with E-state index in [4.69, 9.17) is 19.3 Å². The number of likely N-dealkylation sites (tertiary alicyclic amines) is 1. The molecule has 0 aromatic heterocycles. The fraction of sp³-hybridized carbons (Fsp3) is 0.500. The number of amidine groups is 1. The van der Waals surface area contributed by atoms with Gasteiger partial charge in [0, 0.05) is 63.2 Å². The highest BCUT2D eigenvalue weighted by molar-refractivity contribution is 6.17. The molecule has 16 nitrogen and oxygen atoms in total. The van der Waals surface area contributed by atoms with Crippen LogP contribution in [-0.4, -0.2) is 118 Å². The number of halogens is 2. The average molecular weight is 730 g/mol. The van der Waals surface area contributed by atoms with Gasteiger partial charge >= 0.3 is 24.0 Å². The van der Waals surface area contributed by atoms with Crippen LogP contribution in [0.1, 0.15) is 51.9 Å². The molecular weight excluding hydrogens is 692 g/mol. The number of ketones is 1. The third-order valence-corrected chi connectivity index (χ3v) is 9.41. The van der Waals surface area contributed by atoms with Crippen molar-refractivity contribution in [3.05, 3.63) is 47.2 Å². The van der Waals surface area contributed by atoms with E-state index in [2.05, 4.69) is 10.3 Å². The Balaban J connectivity index is 1.16. The van der Waals surface area contributed by atoms with Gasteiger partial charge in [0.2, 0.25) is 17.9 Å². The first-order valence-corrected chi connectivity index (χ1v) is 16.8. The summed E-state index contributed by atoms with van der Waals surface area (Å²) >= 11 is 0. The Morgan fingerprint density at radius 2 is 1.85 bits per heavy atom. The van der Waals surface area contributed by atoms with Crippen LogP contribution in [0.4, 0.5) is 19.3 Å². The normalized spacial score (nSPS) is 22.6. The standard InChI is InChI=1S/C34H37F2N5O11/c1-18(42)37-14-22-16-41(33(49)51-22)21-4-5-25(24(35)13-21)50-17-34(52-27(45)7-6-26(43)44)8-10-39(11-9-34)31-28(36)29(46)23-12-19(32(47)48)15-40(20-2-3-20)30(23)38-31/h4-5,13,15,20,22,28H,2-3,6-12,14,16-17H2,1H3,(H,37,42)(H,43,44)(H,47,48)/t22-,28?/m0/s1. The minimum atomic E-state index is -2.16. The maximum absolute atomic E-state index is 15.7. The zero-order valence-corrected chi connectivity index (χ0v) is 28.1. The van der Waals surface area contributed by atoms with E-state index >= 15 is 8.78 Å². The van der Waals surface area contributed by atoms with Crippen molar-refractivity contribution in [2.75, 3.05) is 37.7 Å². The van der Waals surface area contributed by atoms with Gasteiger partial charge in [-0.3, -0.25) is 24.1 Å². The number of nitrogens with one attached hydrogen (secondary N) is 1. The number of esters is 1. The number of alkyl halides is 1. The third kappa shape index (κ3) is 7.84. The van der Waals surface area contributed by atoms with Crippen LogP contribution in [0.2, 0.25) is 0 Å². The maximum atomic E-state index is 15.7. The predicted molar refractivity (Wildman–Crippen MR) is 174 cm³/mol. The summed E-state index contributed by atoms with van der Waals surface area (Å²) in [4.78, 5) is 81.4. The maximum Gasteiger partial charge on any atom is 0.414 e. The SMILES string of the molecule is CC(=O)NC[C@H]1CN(c2ccc(OCC3(OC(=O)CCC(=O)O)CCN(C4=NC5=C(CC(C(=O)O)=CN5C5CC5)C(=O)C4F)CC3)c(F)c2)C(=O)O1. The second kappa shape index (κ2) is 14.6. The number of hydrogen-bond donors (Lipinski definition) is 3. The van der Waals surface area contributed by atoms with E-state index in [-0.39, 0.29) is 98.2 Å². The van der Waals surface area contributed by atoms with Crippen LogP contribution in [-0.2, 0) is 33.4 Å². The Morgan fingerprint density at radius 1 is 1.12 bits per heavy atom. The van der Waals surface area contributed by atoms with E-state index in [0.717, 1.165) is 18.9 Å². The van der Waals surface area contributed by atoms with Crippen molar-refractivity contribution in [2.45, 2.75) is 75.8 Å². The van der Waals surface area contributed by atoms with Crippen molar-refractivity contribution in [2.24, 2.45) is 4.99 Å². The lowest BCUT2D eigenvalue weighted by Gasteiger charge is -2.43. The number of hydrogen-bond acceptors (Lipinski definition) is 12. The van der Waals surface area contributed by atoms with E-state index < -0.39 is 66.3 Å². The van der Waals surface area contributed by atoms with Crippen molar-refractivity contribution in [3.8, 4) is 5.75 Å². The van der Waals surface area contributed by atoms with Crippen molar-refractivity contribution < 1.29 is 62.0 Å². The number of aliphatic carboxylic acids is 2. The van der Waals surface area contributed by atoms with Crippen molar-refractivity contribution in [1.82, 2.24) is 15.1 Å². The fourth-order valence-electron chi connectivity index (χ4n) is 6.45. The smallest absolute Gasteiger partial charge is 0.414 e. The van der Waals surface area contributed by atoms with Gasteiger partial charge < -0.3 is 39.5 Å². The molecule has 3 N–H and O–H groups in total. The molecule has 4 aliphatic heterocycles. The number of anilines is 1. The Hall–Kier alpha value is -5.55. The third-order valence-electron chi connectivity index (χ3n) is 9.41. The molecule has 278 valence electrons. The predicted octanol–water partition coefficient (Wildman–Crippen LogP) is 2.28. The number of amides is 2. The summed E-state index contributed by atoms with van der Waals surface area (Å²) in [6, 6.07) is 3.73. The van der Waals surface area contributed by atoms with E-state index in [1.54, 1.807) is 9.80 Å². The number of benzene rings is 1. The molecule has 1 aromatic rings. The highest BCUT2D eigenvalue weighted by atomic mass is 19.1. The van der Waals surface area contributed by atoms with Gasteiger partial charge in [-0.2, -0.15) is 0 Å². The number of carbonyl (C=O) groups excluding carboxylic acids is 4. The zero-order valence-electron chi connectivity index (χ0n) is 28.1. The molecule has 18 heteroatoms. The lowest BCUT2D eigenvalue weighted by Crippen LogP contribution is -2.55. The average Bonchev–Trinajstić information content (AvgIpc) is 3.88. The van der Waals surface area contributed by atoms with E-state index in [1.165, 1.54) is 30.2 Å². The summed E-state index contributed by atoms with van der Waals surface area (Å²) in [5, 5.41) is 21.2. The molecule has 2 atom stereocenters. The van der Waals surface area contributed by atoms with Gasteiger partial charge in [-0.05, 0) is 25.0 Å². The van der Waals surface area contributed by atoms with Crippen LogP contribution in [0, 0.1) is 5.82 Å². The number of allylic oxidation sites excluding steroid dienone is 1. The lowest BCUT2D eigenvalue weighted by molar-refractivity contribution is -0.169. The Labute approximate surface area is 295 Å². The zero-order chi connectivity index (χ0) is 37.3. The molecule has 0 bridgehead atoms. The number of Topliss-reactive ketones (excluding diaryl/α,β-unsaturated/α-hetero) is 1. The number of aliphatic imine (C=N–C) groups is 1. The van der Waals surface area contributed by atoms with Crippen LogP contribution >= 0.6 is 0 Å². The van der Waals surface area contributed by atoms with Gasteiger partial charge in [0.25, 0.3) is 0 Å². The summed E-state index contributed by atoms with van der Waals surface area (Å²) in [5.74, 6) is -5.43. The van der Waals surface area contributed by atoms with Gasteiger partial charge in [0.15, 0.2) is 11.6 Å². The van der Waals surface area contributed by atoms with Gasteiger partial charge in [-0.1, -0.05) is 0 Å². The lowest BCUT2D eigenvalue weighted by atomic mass is 9.89. The Bertz CT molecular complexity index is 1780. The summed E-state index contributed by atoms with van der Waals surface area (Å²) in [5.41, 5.74) is -1.26. The Morgan fingerprint density at radius 3 is 2.48 bits per heavy atom. The number of carboxylic acid groups (broad SMARTS) is 2. The first-order chi connectivity index (χ1) is 24.7. The van der Waals surface area contributed by atoms with E-state index in [9.17, 15) is 33.9 Å². The van der Waals surface area contributed by atoms with E-state index in [0.29, 0.717) is 0 Å². The highest BCUT2D eigenvalue weighted by Gasteiger charge is 2.46. The van der Waals surface area contributed by atoms with Gasteiger partial charge in [-0.15, -0.1) is 0 Å². The van der Waals surface area contributed by atoms with Crippen LogP contribution in [0.3, 0.4) is 0 Å². The van der Waals surface area contributed by atoms with Crippen LogP contribution in [0.25, 0.3) is 0 Å². The van der Waals surface area contributed by atoms with Crippen LogP contribution in [0.15, 0.2) is 46.4 Å². The summed E-state index contributed by atoms with van der Waals surface area (Å²) in [6.07, 6.45) is -1.71. The molecule has 52 heavy (non-hydrogen) atoms. The number of piperidine rings is 1. The highest BCUT2D eigenvalue weighted by Crippen LogP contribution is 2.40. The molecule has 6 rings (SSSR count). The van der Waals surface area contributed by atoms with Crippen molar-refractivity contribution in [1.29, 1.82) is 0 Å². The molecule has 2 saturated heterocycles. The number of nitrogens with zero attached hydrogens (tertiary/aromatic N) is 4. The molecule has 1 unspecified atom stereocenters.